The van der Waals surface area contributed by atoms with Gasteiger partial charge in [0, 0.05) is 41.4 Å². The fraction of sp³-hybridized carbons (Fsp3) is 0.333. The Kier molecular flexibility index (Phi) is 9.82. The van der Waals surface area contributed by atoms with Crippen LogP contribution in [-0.4, -0.2) is 82.6 Å². The van der Waals surface area contributed by atoms with Crippen LogP contribution in [0, 0.1) is 0 Å². The second-order valence-electron chi connectivity index (χ2n) is 11.3. The molecule has 3 aromatic rings. The molecule has 1 N–H and O–H groups in total. The summed E-state index contributed by atoms with van der Waals surface area (Å²) in [5.41, 5.74) is -1.58. The molecule has 250 valence electrons. The second kappa shape index (κ2) is 13.2. The lowest BCUT2D eigenvalue weighted by Crippen LogP contribution is -2.76. The summed E-state index contributed by atoms with van der Waals surface area (Å²) in [5, 5.41) is 2.63. The van der Waals surface area contributed by atoms with Gasteiger partial charge in [-0.25, -0.2) is 8.42 Å². The summed E-state index contributed by atoms with van der Waals surface area (Å²) in [5.74, 6) is -2.66. The Hall–Kier alpha value is -3.43. The summed E-state index contributed by atoms with van der Waals surface area (Å²) in [7, 11) is -4.59. The van der Waals surface area contributed by atoms with Crippen molar-refractivity contribution in [3.05, 3.63) is 92.7 Å². The first-order valence-electron chi connectivity index (χ1n) is 14.2. The molecule has 3 atom stereocenters. The zero-order valence-corrected chi connectivity index (χ0v) is 27.8. The Bertz CT molecular complexity index is 1830. The van der Waals surface area contributed by atoms with Crippen LogP contribution in [0.25, 0.3) is 0 Å². The van der Waals surface area contributed by atoms with Gasteiger partial charge in [0.15, 0.2) is 0 Å². The standard InChI is InChI=1S/C30H27Cl3F3N5O5S/c1-16(2)39-15-26-40(47(45,46)25-8-7-19(32)12-22(25)33)14-23(38-27(42)20-13-37-10-9-21(20)30(34,35)36)28(43)41(26)24(29(39)44)11-17-3-5-18(31)6-4-17/h3-10,12-13,16,23-24,26H,11,14-15H2,1-2H3,(H,38,42). The summed E-state index contributed by atoms with van der Waals surface area (Å²) in [6.07, 6.45) is -4.69. The van der Waals surface area contributed by atoms with Crippen molar-refractivity contribution in [2.75, 3.05) is 13.1 Å². The maximum Gasteiger partial charge on any atom is 0.417 e. The van der Waals surface area contributed by atoms with Gasteiger partial charge in [0.1, 0.15) is 23.1 Å². The molecule has 10 nitrogen and oxygen atoms in total. The van der Waals surface area contributed by atoms with Gasteiger partial charge in [0.05, 0.1) is 22.7 Å². The van der Waals surface area contributed by atoms with Crippen molar-refractivity contribution in [3.63, 3.8) is 0 Å². The number of carbonyl (C=O) groups excluding carboxylic acids is 3. The Balaban J connectivity index is 1.62. The monoisotopic (exact) mass is 731 g/mol. The van der Waals surface area contributed by atoms with Gasteiger partial charge in [0.2, 0.25) is 21.8 Å². The fourth-order valence-corrected chi connectivity index (χ4v) is 8.15. The minimum absolute atomic E-state index is 0.0570. The highest BCUT2D eigenvalue weighted by Crippen LogP contribution is 2.36. The van der Waals surface area contributed by atoms with Crippen LogP contribution in [0.1, 0.15) is 35.3 Å². The maximum atomic E-state index is 14.3. The van der Waals surface area contributed by atoms with Gasteiger partial charge < -0.3 is 15.1 Å². The third kappa shape index (κ3) is 6.93. The number of aromatic nitrogens is 1. The number of rotatable bonds is 7. The zero-order valence-electron chi connectivity index (χ0n) is 24.7. The van der Waals surface area contributed by atoms with Crippen LogP contribution in [-0.2, 0) is 32.2 Å². The number of hydrogen-bond donors (Lipinski definition) is 1. The second-order valence-corrected chi connectivity index (χ2v) is 14.4. The van der Waals surface area contributed by atoms with E-state index in [-0.39, 0.29) is 27.9 Å². The van der Waals surface area contributed by atoms with Crippen molar-refractivity contribution < 1.29 is 36.0 Å². The quantitative estimate of drug-likeness (QED) is 0.370. The molecule has 0 spiro atoms. The van der Waals surface area contributed by atoms with Gasteiger partial charge in [-0.05, 0) is 55.8 Å². The van der Waals surface area contributed by atoms with E-state index in [9.17, 15) is 36.0 Å². The third-order valence-electron chi connectivity index (χ3n) is 7.96. The van der Waals surface area contributed by atoms with Crippen molar-refractivity contribution in [2.24, 2.45) is 0 Å². The lowest BCUT2D eigenvalue weighted by Gasteiger charge is -2.54. The lowest BCUT2D eigenvalue weighted by molar-refractivity contribution is -0.168. The molecule has 2 fully saturated rings. The number of fused-ring (bicyclic) bond motifs is 1. The molecule has 5 rings (SSSR count). The highest BCUT2D eigenvalue weighted by atomic mass is 35.5. The van der Waals surface area contributed by atoms with Gasteiger partial charge in [0.25, 0.3) is 5.91 Å². The van der Waals surface area contributed by atoms with Crippen LogP contribution >= 0.6 is 34.8 Å². The van der Waals surface area contributed by atoms with E-state index in [1.165, 1.54) is 23.1 Å². The SMILES string of the molecule is CC(C)N1CC2N(C(=O)C(NC(=O)c3cnccc3C(F)(F)F)CN2S(=O)(=O)c2ccc(Cl)cc2Cl)C(Cc2ccc(Cl)cc2)C1=O. The molecule has 2 saturated heterocycles. The average Bonchev–Trinajstić information content (AvgIpc) is 2.99. The molecule has 3 amide bonds. The molecular formula is C30H27Cl3F3N5O5S. The van der Waals surface area contributed by atoms with Crippen LogP contribution < -0.4 is 5.32 Å². The number of piperazine rings is 1. The van der Waals surface area contributed by atoms with E-state index in [1.54, 1.807) is 38.1 Å². The molecule has 3 unspecified atom stereocenters. The number of sulfonamides is 1. The Morgan fingerprint density at radius 2 is 1.66 bits per heavy atom. The molecular weight excluding hydrogens is 706 g/mol. The average molecular weight is 733 g/mol. The van der Waals surface area contributed by atoms with E-state index in [2.05, 4.69) is 10.3 Å². The molecule has 2 aliphatic rings. The summed E-state index contributed by atoms with van der Waals surface area (Å²) in [6, 6.07) is 7.43. The summed E-state index contributed by atoms with van der Waals surface area (Å²) < 4.78 is 70.8. The molecule has 17 heteroatoms. The van der Waals surface area contributed by atoms with Crippen molar-refractivity contribution in [1.82, 2.24) is 24.4 Å². The molecule has 0 radical (unpaired) electrons. The Morgan fingerprint density at radius 1 is 1.00 bits per heavy atom. The van der Waals surface area contributed by atoms with E-state index in [4.69, 9.17) is 34.8 Å². The maximum absolute atomic E-state index is 14.3. The van der Waals surface area contributed by atoms with Crippen molar-refractivity contribution in [1.29, 1.82) is 0 Å². The summed E-state index contributed by atoms with van der Waals surface area (Å²) in [6.45, 7) is 2.57. The smallest absolute Gasteiger partial charge is 0.339 e. The van der Waals surface area contributed by atoms with Crippen LogP contribution in [0.3, 0.4) is 0 Å². The van der Waals surface area contributed by atoms with Crippen LogP contribution in [0.5, 0.6) is 0 Å². The first kappa shape index (κ1) is 34.9. The highest BCUT2D eigenvalue weighted by Gasteiger charge is 2.54. The molecule has 47 heavy (non-hydrogen) atoms. The van der Waals surface area contributed by atoms with E-state index in [0.29, 0.717) is 22.8 Å². The lowest BCUT2D eigenvalue weighted by atomic mass is 9.96. The third-order valence-corrected chi connectivity index (χ3v) is 10.8. The number of halogens is 6. The first-order valence-corrected chi connectivity index (χ1v) is 16.7. The number of amides is 3. The molecule has 2 aromatic carbocycles. The largest absolute Gasteiger partial charge is 0.417 e. The minimum Gasteiger partial charge on any atom is -0.339 e. The number of alkyl halides is 3. The van der Waals surface area contributed by atoms with E-state index in [1.807, 2.05) is 0 Å². The summed E-state index contributed by atoms with van der Waals surface area (Å²) in [4.78, 5) is 47.3. The molecule has 0 bridgehead atoms. The predicted octanol–water partition coefficient (Wildman–Crippen LogP) is 4.88. The van der Waals surface area contributed by atoms with Crippen LogP contribution in [0.15, 0.2) is 65.8 Å². The number of pyridine rings is 1. The number of hydrogen-bond acceptors (Lipinski definition) is 6. The number of nitrogens with zero attached hydrogens (tertiary/aromatic N) is 4. The first-order chi connectivity index (χ1) is 22.0. The van der Waals surface area contributed by atoms with Gasteiger partial charge >= 0.3 is 6.18 Å². The van der Waals surface area contributed by atoms with Crippen molar-refractivity contribution in [3.8, 4) is 0 Å². The topological polar surface area (TPSA) is 120 Å². The summed E-state index contributed by atoms with van der Waals surface area (Å²) >= 11 is 18.4. The normalized spacial score (nSPS) is 20.8. The van der Waals surface area contributed by atoms with Crippen LogP contribution in [0.2, 0.25) is 15.1 Å². The zero-order chi connectivity index (χ0) is 34.4. The number of benzene rings is 2. The van der Waals surface area contributed by atoms with Crippen molar-refractivity contribution >= 4 is 62.5 Å². The van der Waals surface area contributed by atoms with Gasteiger partial charge in [-0.15, -0.1) is 0 Å². The van der Waals surface area contributed by atoms with Gasteiger partial charge in [-0.2, -0.15) is 17.5 Å². The van der Waals surface area contributed by atoms with E-state index < -0.39 is 75.9 Å². The highest BCUT2D eigenvalue weighted by molar-refractivity contribution is 7.89. The molecule has 3 heterocycles. The molecule has 0 saturated carbocycles. The fourth-order valence-electron chi connectivity index (χ4n) is 5.69. The molecule has 2 aliphatic heterocycles. The minimum atomic E-state index is -4.93. The predicted molar refractivity (Wildman–Crippen MR) is 167 cm³/mol. The van der Waals surface area contributed by atoms with Crippen molar-refractivity contribution in [2.45, 2.75) is 55.6 Å². The number of nitrogens with one attached hydrogen (secondary N) is 1. The van der Waals surface area contributed by atoms with E-state index >= 15 is 0 Å². The van der Waals surface area contributed by atoms with Gasteiger partial charge in [-0.3, -0.25) is 19.4 Å². The van der Waals surface area contributed by atoms with Crippen LogP contribution in [0.4, 0.5) is 13.2 Å². The Labute approximate surface area is 283 Å². The van der Waals surface area contributed by atoms with E-state index in [0.717, 1.165) is 15.4 Å². The molecule has 1 aromatic heterocycles. The molecule has 0 aliphatic carbocycles. The Morgan fingerprint density at radius 3 is 2.28 bits per heavy atom. The number of carbonyl (C=O) groups is 3. The van der Waals surface area contributed by atoms with Gasteiger partial charge in [-0.1, -0.05) is 46.9 Å².